The van der Waals surface area contributed by atoms with Crippen LogP contribution in [0.4, 0.5) is 10.5 Å². The van der Waals surface area contributed by atoms with E-state index in [4.69, 9.17) is 10.5 Å². The van der Waals surface area contributed by atoms with Gasteiger partial charge in [0.1, 0.15) is 12.4 Å². The van der Waals surface area contributed by atoms with E-state index in [0.717, 1.165) is 11.1 Å². The van der Waals surface area contributed by atoms with Gasteiger partial charge in [-0.3, -0.25) is 4.72 Å². The number of aryl methyl sites for hydroxylation is 1. The number of nitrogens with one attached hydrogen (secondary N) is 1. The van der Waals surface area contributed by atoms with E-state index in [2.05, 4.69) is 9.08 Å². The molecular weight excluding hydrogens is 374 g/mol. The third-order valence-electron chi connectivity index (χ3n) is 3.92. The smallest absolute Gasteiger partial charge is 0.348 e. The summed E-state index contributed by atoms with van der Waals surface area (Å²) in [5, 5.41) is 0. The fourth-order valence-corrected chi connectivity index (χ4v) is 3.99. The molecule has 0 spiro atoms. The van der Waals surface area contributed by atoms with Gasteiger partial charge in [0.25, 0.3) is 0 Å². The van der Waals surface area contributed by atoms with E-state index in [1.54, 1.807) is 48.5 Å². The van der Waals surface area contributed by atoms with Crippen molar-refractivity contribution in [2.75, 3.05) is 4.72 Å². The highest BCUT2D eigenvalue weighted by atomic mass is 32.2. The summed E-state index contributed by atoms with van der Waals surface area (Å²) in [6.45, 7) is 2.36. The van der Waals surface area contributed by atoms with Crippen LogP contribution >= 0.6 is 0 Å². The van der Waals surface area contributed by atoms with Crippen molar-refractivity contribution in [2.24, 2.45) is 10.1 Å². The van der Waals surface area contributed by atoms with Crippen molar-refractivity contribution < 1.29 is 13.7 Å². The highest BCUT2D eigenvalue weighted by Crippen LogP contribution is 2.22. The number of rotatable bonds is 6. The van der Waals surface area contributed by atoms with E-state index >= 15 is 0 Å². The van der Waals surface area contributed by atoms with Gasteiger partial charge in [-0.15, -0.1) is 4.36 Å². The first kappa shape index (κ1) is 19.4. The summed E-state index contributed by atoms with van der Waals surface area (Å²) in [6, 6.07) is 22.7. The lowest BCUT2D eigenvalue weighted by Crippen LogP contribution is -2.17. The molecule has 0 bridgehead atoms. The summed E-state index contributed by atoms with van der Waals surface area (Å²) in [6.07, 6.45) is 0. The number of nitrogens with zero attached hydrogens (tertiary/aromatic N) is 1. The van der Waals surface area contributed by atoms with Crippen molar-refractivity contribution in [1.82, 2.24) is 0 Å². The SMILES string of the molecule is Cc1ccc(S(=O)(=NC(N)=O)Nc2ccc(OCc3ccccc3)cc2)cc1. The molecule has 0 saturated heterocycles. The van der Waals surface area contributed by atoms with Crippen LogP contribution in [0.15, 0.2) is 88.1 Å². The second kappa shape index (κ2) is 8.58. The van der Waals surface area contributed by atoms with Crippen molar-refractivity contribution >= 4 is 21.6 Å². The molecule has 28 heavy (non-hydrogen) atoms. The molecule has 6 nitrogen and oxygen atoms in total. The summed E-state index contributed by atoms with van der Waals surface area (Å²) in [5.74, 6) is 0.670. The van der Waals surface area contributed by atoms with Crippen molar-refractivity contribution in [1.29, 1.82) is 0 Å². The molecule has 0 aliphatic carbocycles. The minimum absolute atomic E-state index is 0.376. The molecule has 0 fully saturated rings. The third kappa shape index (κ3) is 5.11. The maximum absolute atomic E-state index is 13.3. The zero-order valence-corrected chi connectivity index (χ0v) is 16.2. The van der Waals surface area contributed by atoms with Crippen LogP contribution in [0.25, 0.3) is 0 Å². The molecule has 0 radical (unpaired) electrons. The summed E-state index contributed by atoms with van der Waals surface area (Å²) < 4.78 is 25.5. The number of anilines is 1. The fourth-order valence-electron chi connectivity index (χ4n) is 2.50. The van der Waals surface area contributed by atoms with Gasteiger partial charge in [-0.1, -0.05) is 48.0 Å². The molecule has 0 saturated carbocycles. The number of ether oxygens (including phenoxy) is 1. The van der Waals surface area contributed by atoms with Crippen molar-refractivity contribution in [3.05, 3.63) is 90.0 Å². The van der Waals surface area contributed by atoms with Gasteiger partial charge in [-0.2, -0.15) is 0 Å². The van der Waals surface area contributed by atoms with Gasteiger partial charge in [-0.05, 0) is 48.9 Å². The molecule has 7 heteroatoms. The van der Waals surface area contributed by atoms with Crippen LogP contribution in [-0.4, -0.2) is 10.2 Å². The van der Waals surface area contributed by atoms with E-state index in [0.29, 0.717) is 22.9 Å². The minimum atomic E-state index is -3.25. The molecule has 0 aromatic heterocycles. The zero-order valence-electron chi connectivity index (χ0n) is 15.4. The second-order valence-electron chi connectivity index (χ2n) is 6.17. The van der Waals surface area contributed by atoms with Gasteiger partial charge in [0.2, 0.25) is 0 Å². The number of carbonyl (C=O) groups excluding carboxylic acids is 1. The summed E-state index contributed by atoms with van der Waals surface area (Å²) in [7, 11) is -3.25. The molecule has 0 aliphatic rings. The van der Waals surface area contributed by atoms with Gasteiger partial charge in [0, 0.05) is 5.69 Å². The first-order chi connectivity index (χ1) is 13.4. The average molecular weight is 395 g/mol. The molecule has 3 rings (SSSR count). The Bertz CT molecular complexity index is 1060. The number of urea groups is 1. The quantitative estimate of drug-likeness (QED) is 0.643. The summed E-state index contributed by atoms with van der Waals surface area (Å²) in [4.78, 5) is 11.7. The third-order valence-corrected chi connectivity index (χ3v) is 5.78. The van der Waals surface area contributed by atoms with Gasteiger partial charge >= 0.3 is 6.03 Å². The Morgan fingerprint density at radius 3 is 2.25 bits per heavy atom. The van der Waals surface area contributed by atoms with Crippen LogP contribution in [0, 0.1) is 6.92 Å². The number of carbonyl (C=O) groups is 1. The predicted octanol–water partition coefficient (Wildman–Crippen LogP) is 4.51. The van der Waals surface area contributed by atoms with E-state index < -0.39 is 15.9 Å². The number of hydrogen-bond donors (Lipinski definition) is 2. The van der Waals surface area contributed by atoms with Crippen molar-refractivity contribution in [3.8, 4) is 5.75 Å². The van der Waals surface area contributed by atoms with E-state index in [1.807, 2.05) is 37.3 Å². The van der Waals surface area contributed by atoms with Gasteiger partial charge in [-0.25, -0.2) is 9.00 Å². The Kier molecular flexibility index (Phi) is 5.96. The molecule has 1 atom stereocenters. The maximum Gasteiger partial charge on any atom is 0.348 e. The van der Waals surface area contributed by atoms with Crippen LogP contribution < -0.4 is 15.2 Å². The Balaban J connectivity index is 1.77. The average Bonchev–Trinajstić information content (AvgIpc) is 2.68. The highest BCUT2D eigenvalue weighted by molar-refractivity contribution is 7.95. The van der Waals surface area contributed by atoms with Crippen LogP contribution in [-0.2, 0) is 16.5 Å². The Hall–Kier alpha value is -3.32. The molecule has 0 heterocycles. The van der Waals surface area contributed by atoms with Crippen LogP contribution in [0.2, 0.25) is 0 Å². The summed E-state index contributed by atoms with van der Waals surface area (Å²) >= 11 is 0. The molecule has 144 valence electrons. The van der Waals surface area contributed by atoms with Crippen LogP contribution in [0.5, 0.6) is 5.75 Å². The number of benzene rings is 3. The van der Waals surface area contributed by atoms with Gasteiger partial charge < -0.3 is 10.5 Å². The molecule has 2 amide bonds. The Morgan fingerprint density at radius 2 is 1.64 bits per heavy atom. The molecule has 1 unspecified atom stereocenters. The topological polar surface area (TPSA) is 93.8 Å². The number of hydrogen-bond acceptors (Lipinski definition) is 3. The maximum atomic E-state index is 13.3. The Morgan fingerprint density at radius 1 is 1.00 bits per heavy atom. The molecule has 3 aromatic rings. The number of nitrogens with two attached hydrogens (primary N) is 1. The second-order valence-corrected chi connectivity index (χ2v) is 8.08. The fraction of sp³-hybridized carbons (Fsp3) is 0.0952. The lowest BCUT2D eigenvalue weighted by molar-refractivity contribution is 0.257. The normalized spacial score (nSPS) is 12.6. The van der Waals surface area contributed by atoms with Gasteiger partial charge in [0.15, 0.2) is 9.92 Å². The number of primary amides is 1. The van der Waals surface area contributed by atoms with Crippen LogP contribution in [0.3, 0.4) is 0 Å². The highest BCUT2D eigenvalue weighted by Gasteiger charge is 2.14. The standard InChI is InChI=1S/C21H21N3O3S/c1-16-7-13-20(14-8-16)28(26,24-21(22)25)23-18-9-11-19(12-10-18)27-15-17-5-3-2-4-6-17/h2-14H,15H2,1H3,(H3,22,23,24,25,26). The molecule has 3 N–H and O–H groups in total. The van der Waals surface area contributed by atoms with Crippen molar-refractivity contribution in [3.63, 3.8) is 0 Å². The van der Waals surface area contributed by atoms with E-state index in [-0.39, 0.29) is 0 Å². The Labute approximate surface area is 164 Å². The molecule has 3 aromatic carbocycles. The number of amides is 2. The van der Waals surface area contributed by atoms with Gasteiger partial charge in [0.05, 0.1) is 4.90 Å². The first-order valence-corrected chi connectivity index (χ1v) is 10.1. The first-order valence-electron chi connectivity index (χ1n) is 8.62. The minimum Gasteiger partial charge on any atom is -0.489 e. The molecular formula is C21H21N3O3S. The van der Waals surface area contributed by atoms with Crippen molar-refractivity contribution in [2.45, 2.75) is 18.4 Å². The monoisotopic (exact) mass is 395 g/mol. The zero-order chi connectivity index (χ0) is 20.0. The van der Waals surface area contributed by atoms with E-state index in [9.17, 15) is 9.00 Å². The summed E-state index contributed by atoms with van der Waals surface area (Å²) in [5.41, 5.74) is 7.77. The van der Waals surface area contributed by atoms with Crippen LogP contribution in [0.1, 0.15) is 11.1 Å². The van der Waals surface area contributed by atoms with E-state index in [1.165, 1.54) is 0 Å². The lowest BCUT2D eigenvalue weighted by atomic mass is 10.2. The predicted molar refractivity (Wildman–Crippen MR) is 110 cm³/mol. The molecule has 0 aliphatic heterocycles. The largest absolute Gasteiger partial charge is 0.489 e. The lowest BCUT2D eigenvalue weighted by Gasteiger charge is -2.14.